The second kappa shape index (κ2) is 6.27. The predicted octanol–water partition coefficient (Wildman–Crippen LogP) is 2.62. The Hall–Kier alpha value is -1.24. The summed E-state index contributed by atoms with van der Waals surface area (Å²) in [5.74, 6) is -0.115. The van der Waals surface area contributed by atoms with Gasteiger partial charge < -0.3 is 10.4 Å². The fraction of sp³-hybridized carbons (Fsp3) is 0.385. The molecule has 1 amide bonds. The number of thiophene rings is 1. The summed E-state index contributed by atoms with van der Waals surface area (Å²) >= 11 is 3.05. The minimum absolute atomic E-state index is 0.123. The van der Waals surface area contributed by atoms with Gasteiger partial charge in [0.15, 0.2) is 0 Å². The van der Waals surface area contributed by atoms with Crippen molar-refractivity contribution in [3.05, 3.63) is 28.6 Å². The smallest absolute Gasteiger partial charge is 0.270 e. The average Bonchev–Trinajstić information content (AvgIpc) is 3.04. The number of nitrogens with zero attached hydrogens (tertiary/aromatic N) is 1. The number of aliphatic hydroxyl groups is 1. The van der Waals surface area contributed by atoms with Gasteiger partial charge in [-0.25, -0.2) is 4.98 Å². The Bertz CT molecular complexity index is 535. The molecule has 2 rings (SSSR count). The summed E-state index contributed by atoms with van der Waals surface area (Å²) in [5, 5.41) is 16.9. The van der Waals surface area contributed by atoms with Gasteiger partial charge in [0, 0.05) is 11.9 Å². The van der Waals surface area contributed by atoms with Crippen molar-refractivity contribution in [3.63, 3.8) is 0 Å². The summed E-state index contributed by atoms with van der Waals surface area (Å²) in [6.45, 7) is 4.07. The Balaban J connectivity index is 1.97. The van der Waals surface area contributed by atoms with Gasteiger partial charge in [0.2, 0.25) is 0 Å². The Labute approximate surface area is 120 Å². The van der Waals surface area contributed by atoms with E-state index in [0.717, 1.165) is 9.88 Å². The summed E-state index contributed by atoms with van der Waals surface area (Å²) in [5.41, 5.74) is 0.407. The lowest BCUT2D eigenvalue weighted by Gasteiger charge is -2.14. The zero-order chi connectivity index (χ0) is 13.8. The number of hydrogen-bond acceptors (Lipinski definition) is 5. The zero-order valence-corrected chi connectivity index (χ0v) is 12.4. The molecule has 0 aliphatic heterocycles. The lowest BCUT2D eigenvalue weighted by atomic mass is 10.1. The topological polar surface area (TPSA) is 62.2 Å². The fourth-order valence-corrected chi connectivity index (χ4v) is 3.03. The van der Waals surface area contributed by atoms with Crippen molar-refractivity contribution in [1.82, 2.24) is 10.3 Å². The molecule has 6 heteroatoms. The SMILES string of the molecule is CC(C)C(O)CNC(=O)c1csc(-c2cccs2)n1. The summed E-state index contributed by atoms with van der Waals surface area (Å²) < 4.78 is 0. The van der Waals surface area contributed by atoms with Gasteiger partial charge in [0.25, 0.3) is 5.91 Å². The molecule has 1 atom stereocenters. The lowest BCUT2D eigenvalue weighted by molar-refractivity contribution is 0.0868. The van der Waals surface area contributed by atoms with Crippen molar-refractivity contribution in [2.24, 2.45) is 5.92 Å². The zero-order valence-electron chi connectivity index (χ0n) is 10.8. The van der Waals surface area contributed by atoms with Gasteiger partial charge in [-0.1, -0.05) is 19.9 Å². The number of aliphatic hydroxyl groups excluding tert-OH is 1. The number of carbonyl (C=O) groups is 1. The van der Waals surface area contributed by atoms with E-state index in [1.807, 2.05) is 31.4 Å². The van der Waals surface area contributed by atoms with Gasteiger partial charge in [0.05, 0.1) is 11.0 Å². The summed E-state index contributed by atoms with van der Waals surface area (Å²) in [6, 6.07) is 3.94. The molecule has 19 heavy (non-hydrogen) atoms. The molecule has 0 saturated carbocycles. The van der Waals surface area contributed by atoms with E-state index in [-0.39, 0.29) is 18.4 Å². The second-order valence-electron chi connectivity index (χ2n) is 4.54. The van der Waals surface area contributed by atoms with Crippen LogP contribution in [0.4, 0.5) is 0 Å². The number of rotatable bonds is 5. The van der Waals surface area contributed by atoms with E-state index in [0.29, 0.717) is 5.69 Å². The quantitative estimate of drug-likeness (QED) is 0.891. The van der Waals surface area contributed by atoms with Gasteiger partial charge >= 0.3 is 0 Å². The Morgan fingerprint density at radius 2 is 2.26 bits per heavy atom. The lowest BCUT2D eigenvalue weighted by Crippen LogP contribution is -2.34. The largest absolute Gasteiger partial charge is 0.391 e. The highest BCUT2D eigenvalue weighted by Gasteiger charge is 2.15. The maximum atomic E-state index is 11.9. The van der Waals surface area contributed by atoms with Crippen LogP contribution in [0, 0.1) is 5.92 Å². The van der Waals surface area contributed by atoms with Gasteiger partial charge in [-0.15, -0.1) is 22.7 Å². The molecule has 2 aromatic rings. The van der Waals surface area contributed by atoms with Crippen LogP contribution in [-0.2, 0) is 0 Å². The number of hydrogen-bond donors (Lipinski definition) is 2. The molecule has 0 aliphatic rings. The second-order valence-corrected chi connectivity index (χ2v) is 6.34. The number of aromatic nitrogens is 1. The molecule has 2 heterocycles. The van der Waals surface area contributed by atoms with E-state index >= 15 is 0 Å². The third-order valence-corrected chi connectivity index (χ3v) is 4.59. The molecule has 0 spiro atoms. The van der Waals surface area contributed by atoms with E-state index in [9.17, 15) is 9.90 Å². The highest BCUT2D eigenvalue weighted by atomic mass is 32.1. The van der Waals surface area contributed by atoms with Crippen LogP contribution in [0.5, 0.6) is 0 Å². The average molecular weight is 296 g/mol. The third-order valence-electron chi connectivity index (χ3n) is 2.71. The number of thiazole rings is 1. The summed E-state index contributed by atoms with van der Waals surface area (Å²) in [6.07, 6.45) is -0.528. The molecule has 0 bridgehead atoms. The minimum atomic E-state index is -0.528. The highest BCUT2D eigenvalue weighted by Crippen LogP contribution is 2.27. The van der Waals surface area contributed by atoms with Gasteiger partial charge in [0.1, 0.15) is 10.7 Å². The van der Waals surface area contributed by atoms with Crippen LogP contribution < -0.4 is 5.32 Å². The molecule has 0 aromatic carbocycles. The highest BCUT2D eigenvalue weighted by molar-refractivity contribution is 7.20. The molecule has 2 aromatic heterocycles. The predicted molar refractivity (Wildman–Crippen MR) is 78.6 cm³/mol. The van der Waals surface area contributed by atoms with E-state index < -0.39 is 6.10 Å². The Morgan fingerprint density at radius 1 is 1.47 bits per heavy atom. The van der Waals surface area contributed by atoms with E-state index in [1.165, 1.54) is 11.3 Å². The van der Waals surface area contributed by atoms with E-state index in [1.54, 1.807) is 16.7 Å². The number of amides is 1. The van der Waals surface area contributed by atoms with Crippen LogP contribution in [0.25, 0.3) is 9.88 Å². The van der Waals surface area contributed by atoms with Crippen molar-refractivity contribution < 1.29 is 9.90 Å². The van der Waals surface area contributed by atoms with Crippen LogP contribution in [-0.4, -0.2) is 28.6 Å². The molecule has 1 unspecified atom stereocenters. The molecule has 0 saturated heterocycles. The molecular formula is C13H16N2O2S2. The molecule has 0 fully saturated rings. The minimum Gasteiger partial charge on any atom is -0.391 e. The van der Waals surface area contributed by atoms with Crippen molar-refractivity contribution in [3.8, 4) is 9.88 Å². The van der Waals surface area contributed by atoms with E-state index in [4.69, 9.17) is 0 Å². The van der Waals surface area contributed by atoms with Crippen molar-refractivity contribution in [1.29, 1.82) is 0 Å². The number of carbonyl (C=O) groups excluding carboxylic acids is 1. The first-order chi connectivity index (χ1) is 9.08. The van der Waals surface area contributed by atoms with Crippen molar-refractivity contribution >= 4 is 28.6 Å². The summed E-state index contributed by atoms with van der Waals surface area (Å²) in [7, 11) is 0. The third kappa shape index (κ3) is 3.62. The molecular weight excluding hydrogens is 280 g/mol. The van der Waals surface area contributed by atoms with E-state index in [2.05, 4.69) is 10.3 Å². The molecule has 4 nitrogen and oxygen atoms in total. The van der Waals surface area contributed by atoms with Crippen LogP contribution in [0.15, 0.2) is 22.9 Å². The van der Waals surface area contributed by atoms with Crippen LogP contribution >= 0.6 is 22.7 Å². The van der Waals surface area contributed by atoms with Crippen LogP contribution in [0.2, 0.25) is 0 Å². The standard InChI is InChI=1S/C13H16N2O2S2/c1-8(2)10(16)6-14-12(17)9-7-19-13(15-9)11-4-3-5-18-11/h3-5,7-8,10,16H,6H2,1-2H3,(H,14,17). The molecule has 2 N–H and O–H groups in total. The molecule has 0 radical (unpaired) electrons. The first-order valence-electron chi connectivity index (χ1n) is 6.03. The van der Waals surface area contributed by atoms with Crippen molar-refractivity contribution in [2.45, 2.75) is 20.0 Å². The first kappa shape index (κ1) is 14.2. The van der Waals surface area contributed by atoms with Crippen LogP contribution in [0.1, 0.15) is 24.3 Å². The summed E-state index contributed by atoms with van der Waals surface area (Å²) in [4.78, 5) is 17.3. The Morgan fingerprint density at radius 3 is 2.89 bits per heavy atom. The van der Waals surface area contributed by atoms with Crippen molar-refractivity contribution in [2.75, 3.05) is 6.54 Å². The maximum absolute atomic E-state index is 11.9. The fourth-order valence-electron chi connectivity index (χ4n) is 1.41. The molecule has 102 valence electrons. The van der Waals surface area contributed by atoms with Gasteiger partial charge in [-0.05, 0) is 17.4 Å². The number of nitrogens with one attached hydrogen (secondary N) is 1. The first-order valence-corrected chi connectivity index (χ1v) is 7.79. The monoisotopic (exact) mass is 296 g/mol. The maximum Gasteiger partial charge on any atom is 0.270 e. The molecule has 0 aliphatic carbocycles. The van der Waals surface area contributed by atoms with Gasteiger partial charge in [-0.3, -0.25) is 4.79 Å². The van der Waals surface area contributed by atoms with Gasteiger partial charge in [-0.2, -0.15) is 0 Å². The van der Waals surface area contributed by atoms with Crippen LogP contribution in [0.3, 0.4) is 0 Å². The Kier molecular flexibility index (Phi) is 4.68. The normalized spacial score (nSPS) is 12.6.